The molecule has 0 spiro atoms. The highest BCUT2D eigenvalue weighted by Gasteiger charge is 2.28. The molecule has 3 N–H and O–H groups in total. The van der Waals surface area contributed by atoms with Crippen molar-refractivity contribution in [2.45, 2.75) is 13.8 Å². The van der Waals surface area contributed by atoms with Gasteiger partial charge >= 0.3 is 5.97 Å². The number of aryl methyl sites for hydroxylation is 1. The standard InChI is InChI=1S/C12H15N3O4/c1-6-9(7(2)14-10(6)12(18)19)11(17)15-4-3-13-8(16)5-15/h14H,3-5H2,1-2H3,(H,13,16)(H,18,19). The number of carbonyl (C=O) groups excluding carboxylic acids is 2. The highest BCUT2D eigenvalue weighted by Crippen LogP contribution is 2.20. The summed E-state index contributed by atoms with van der Waals surface area (Å²) in [5.41, 5.74) is 1.27. The highest BCUT2D eigenvalue weighted by molar-refractivity contribution is 6.02. The van der Waals surface area contributed by atoms with Crippen LogP contribution in [-0.2, 0) is 4.79 Å². The molecule has 0 atom stereocenters. The van der Waals surface area contributed by atoms with Crippen LogP contribution in [0.5, 0.6) is 0 Å². The van der Waals surface area contributed by atoms with Gasteiger partial charge in [-0.05, 0) is 19.4 Å². The SMILES string of the molecule is Cc1[nH]c(C(=O)O)c(C)c1C(=O)N1CCNC(=O)C1. The van der Waals surface area contributed by atoms with Crippen LogP contribution in [0.1, 0.15) is 32.1 Å². The van der Waals surface area contributed by atoms with Gasteiger partial charge in [0.2, 0.25) is 5.91 Å². The van der Waals surface area contributed by atoms with Gasteiger partial charge in [0.25, 0.3) is 5.91 Å². The van der Waals surface area contributed by atoms with Crippen molar-refractivity contribution in [1.29, 1.82) is 0 Å². The minimum Gasteiger partial charge on any atom is -0.477 e. The lowest BCUT2D eigenvalue weighted by atomic mass is 10.1. The van der Waals surface area contributed by atoms with Crippen molar-refractivity contribution >= 4 is 17.8 Å². The van der Waals surface area contributed by atoms with Crippen molar-refractivity contribution in [3.05, 3.63) is 22.5 Å². The molecule has 2 heterocycles. The third-order valence-electron chi connectivity index (χ3n) is 3.19. The molecule has 2 amide bonds. The smallest absolute Gasteiger partial charge is 0.352 e. The first kappa shape index (κ1) is 13.1. The molecule has 0 unspecified atom stereocenters. The van der Waals surface area contributed by atoms with Gasteiger partial charge in [0.05, 0.1) is 12.1 Å². The summed E-state index contributed by atoms with van der Waals surface area (Å²) in [5, 5.41) is 11.7. The molecule has 1 aromatic heterocycles. The number of nitrogens with zero attached hydrogens (tertiary/aromatic N) is 1. The van der Waals surface area contributed by atoms with Crippen molar-refractivity contribution < 1.29 is 19.5 Å². The maximum absolute atomic E-state index is 12.4. The number of H-pyrrole nitrogens is 1. The van der Waals surface area contributed by atoms with Gasteiger partial charge in [-0.2, -0.15) is 0 Å². The van der Waals surface area contributed by atoms with E-state index in [9.17, 15) is 14.4 Å². The number of carboxylic acids is 1. The van der Waals surface area contributed by atoms with Gasteiger partial charge in [-0.3, -0.25) is 9.59 Å². The van der Waals surface area contributed by atoms with E-state index in [1.165, 1.54) is 4.90 Å². The van der Waals surface area contributed by atoms with E-state index < -0.39 is 5.97 Å². The molecule has 7 heteroatoms. The van der Waals surface area contributed by atoms with Gasteiger partial charge in [-0.1, -0.05) is 0 Å². The lowest BCUT2D eigenvalue weighted by molar-refractivity contribution is -0.123. The summed E-state index contributed by atoms with van der Waals surface area (Å²) >= 11 is 0. The number of amides is 2. The largest absolute Gasteiger partial charge is 0.477 e. The molecule has 0 radical (unpaired) electrons. The Labute approximate surface area is 109 Å². The Bertz CT molecular complexity index is 562. The monoisotopic (exact) mass is 265 g/mol. The van der Waals surface area contributed by atoms with E-state index in [0.29, 0.717) is 29.9 Å². The molecule has 102 valence electrons. The maximum Gasteiger partial charge on any atom is 0.352 e. The molecular formula is C12H15N3O4. The summed E-state index contributed by atoms with van der Waals surface area (Å²) in [4.78, 5) is 38.8. The fourth-order valence-electron chi connectivity index (χ4n) is 2.25. The number of piperazine rings is 1. The Hall–Kier alpha value is -2.31. The van der Waals surface area contributed by atoms with Crippen LogP contribution >= 0.6 is 0 Å². The number of hydrogen-bond acceptors (Lipinski definition) is 3. The first-order valence-electron chi connectivity index (χ1n) is 5.90. The summed E-state index contributed by atoms with van der Waals surface area (Å²) in [6.45, 7) is 4.09. The molecule has 1 aliphatic heterocycles. The molecule has 1 fully saturated rings. The molecule has 1 aromatic rings. The van der Waals surface area contributed by atoms with Gasteiger partial charge < -0.3 is 20.3 Å². The number of nitrogens with one attached hydrogen (secondary N) is 2. The van der Waals surface area contributed by atoms with Crippen LogP contribution in [0.15, 0.2) is 0 Å². The summed E-state index contributed by atoms with van der Waals surface area (Å²) in [5.74, 6) is -1.62. The quantitative estimate of drug-likeness (QED) is 0.695. The Morgan fingerprint density at radius 2 is 2.00 bits per heavy atom. The molecule has 1 aliphatic rings. The van der Waals surface area contributed by atoms with Crippen LogP contribution in [0.3, 0.4) is 0 Å². The van der Waals surface area contributed by atoms with E-state index in [-0.39, 0.29) is 24.1 Å². The Kier molecular flexibility index (Phi) is 3.28. The number of aromatic carboxylic acids is 1. The third-order valence-corrected chi connectivity index (χ3v) is 3.19. The predicted molar refractivity (Wildman–Crippen MR) is 66.1 cm³/mol. The van der Waals surface area contributed by atoms with E-state index >= 15 is 0 Å². The molecule has 0 bridgehead atoms. The van der Waals surface area contributed by atoms with Crippen molar-refractivity contribution in [2.24, 2.45) is 0 Å². The van der Waals surface area contributed by atoms with Gasteiger partial charge in [0.1, 0.15) is 5.69 Å². The van der Waals surface area contributed by atoms with Gasteiger partial charge in [-0.15, -0.1) is 0 Å². The molecule has 19 heavy (non-hydrogen) atoms. The van der Waals surface area contributed by atoms with E-state index in [0.717, 1.165) is 0 Å². The summed E-state index contributed by atoms with van der Waals surface area (Å²) in [6, 6.07) is 0. The van der Waals surface area contributed by atoms with Gasteiger partial charge in [0, 0.05) is 18.8 Å². The number of carbonyl (C=O) groups is 3. The minimum absolute atomic E-state index is 0.00526. The molecular weight excluding hydrogens is 250 g/mol. The molecule has 0 saturated carbocycles. The predicted octanol–water partition coefficient (Wildman–Crippen LogP) is -0.0983. The Morgan fingerprint density at radius 1 is 1.32 bits per heavy atom. The summed E-state index contributed by atoms with van der Waals surface area (Å²) < 4.78 is 0. The second-order valence-corrected chi connectivity index (χ2v) is 4.51. The molecule has 0 aromatic carbocycles. The van der Waals surface area contributed by atoms with Gasteiger partial charge in [0.15, 0.2) is 0 Å². The first-order chi connectivity index (χ1) is 8.91. The fraction of sp³-hybridized carbons (Fsp3) is 0.417. The molecule has 1 saturated heterocycles. The topological polar surface area (TPSA) is 102 Å². The number of aromatic nitrogens is 1. The average Bonchev–Trinajstić information content (AvgIpc) is 2.64. The number of aromatic amines is 1. The Balaban J connectivity index is 2.33. The summed E-state index contributed by atoms with van der Waals surface area (Å²) in [7, 11) is 0. The zero-order valence-electron chi connectivity index (χ0n) is 10.7. The van der Waals surface area contributed by atoms with Crippen LogP contribution in [0.2, 0.25) is 0 Å². The zero-order chi connectivity index (χ0) is 14.2. The Morgan fingerprint density at radius 3 is 2.53 bits per heavy atom. The minimum atomic E-state index is -1.10. The van der Waals surface area contributed by atoms with Crippen LogP contribution in [0.25, 0.3) is 0 Å². The number of hydrogen-bond donors (Lipinski definition) is 3. The maximum atomic E-state index is 12.4. The van der Waals surface area contributed by atoms with Crippen LogP contribution in [-0.4, -0.2) is 52.4 Å². The van der Waals surface area contributed by atoms with E-state index in [1.54, 1.807) is 13.8 Å². The van der Waals surface area contributed by atoms with Crippen LogP contribution in [0, 0.1) is 13.8 Å². The lowest BCUT2D eigenvalue weighted by Crippen LogP contribution is -2.50. The van der Waals surface area contributed by atoms with Crippen LogP contribution < -0.4 is 5.32 Å². The van der Waals surface area contributed by atoms with Crippen molar-refractivity contribution in [2.75, 3.05) is 19.6 Å². The number of carboxylic acid groups (broad SMARTS) is 1. The zero-order valence-corrected chi connectivity index (χ0v) is 10.7. The van der Waals surface area contributed by atoms with Crippen LogP contribution in [0.4, 0.5) is 0 Å². The number of rotatable bonds is 2. The second-order valence-electron chi connectivity index (χ2n) is 4.51. The summed E-state index contributed by atoms with van der Waals surface area (Å²) in [6.07, 6.45) is 0. The van der Waals surface area contributed by atoms with E-state index in [4.69, 9.17) is 5.11 Å². The lowest BCUT2D eigenvalue weighted by Gasteiger charge is -2.26. The van der Waals surface area contributed by atoms with Crippen molar-refractivity contribution in [3.8, 4) is 0 Å². The molecule has 0 aliphatic carbocycles. The third kappa shape index (κ3) is 2.31. The van der Waals surface area contributed by atoms with Gasteiger partial charge in [-0.25, -0.2) is 4.79 Å². The normalized spacial score (nSPS) is 15.3. The molecule has 7 nitrogen and oxygen atoms in total. The second kappa shape index (κ2) is 4.75. The fourth-order valence-corrected chi connectivity index (χ4v) is 2.25. The van der Waals surface area contributed by atoms with Crippen molar-refractivity contribution in [3.63, 3.8) is 0 Å². The van der Waals surface area contributed by atoms with Crippen molar-refractivity contribution in [1.82, 2.24) is 15.2 Å². The molecule has 2 rings (SSSR count). The van der Waals surface area contributed by atoms with E-state index in [2.05, 4.69) is 10.3 Å². The average molecular weight is 265 g/mol. The first-order valence-corrected chi connectivity index (χ1v) is 5.90. The highest BCUT2D eigenvalue weighted by atomic mass is 16.4. The van der Waals surface area contributed by atoms with E-state index in [1.807, 2.05) is 0 Å².